The fourth-order valence-corrected chi connectivity index (χ4v) is 10.9. The van der Waals surface area contributed by atoms with Crippen molar-refractivity contribution < 1.29 is 10.2 Å². The fraction of sp³-hybridized carbons (Fsp3) is 0.933. The Balaban J connectivity index is 1.59. The molecule has 0 unspecified atom stereocenters. The van der Waals surface area contributed by atoms with Gasteiger partial charge >= 0.3 is 0 Å². The Hall–Kier alpha value is -0.340. The number of aliphatic hydroxyl groups excluding tert-OH is 2. The van der Waals surface area contributed by atoms with Gasteiger partial charge in [-0.2, -0.15) is 0 Å². The van der Waals surface area contributed by atoms with E-state index in [0.29, 0.717) is 41.1 Å². The van der Waals surface area contributed by atoms with Crippen molar-refractivity contribution in [3.8, 4) is 0 Å². The molecule has 0 radical (unpaired) electrons. The van der Waals surface area contributed by atoms with E-state index in [1.165, 1.54) is 51.4 Å². The molecule has 10 atom stereocenters. The maximum Gasteiger partial charge on any atom is 0.0594 e. The summed E-state index contributed by atoms with van der Waals surface area (Å²) in [7, 11) is 0. The van der Waals surface area contributed by atoms with Gasteiger partial charge in [0.15, 0.2) is 0 Å². The van der Waals surface area contributed by atoms with E-state index in [0.717, 1.165) is 12.3 Å². The molecule has 4 fully saturated rings. The summed E-state index contributed by atoms with van der Waals surface area (Å²) in [6.07, 6.45) is 13.4. The second-order valence-corrected chi connectivity index (χ2v) is 14.5. The van der Waals surface area contributed by atoms with Gasteiger partial charge in [0.05, 0.1) is 6.10 Å². The van der Waals surface area contributed by atoms with E-state index in [1.807, 2.05) is 0 Å². The first kappa shape index (κ1) is 23.4. The van der Waals surface area contributed by atoms with Crippen LogP contribution in [0.15, 0.2) is 11.6 Å². The molecule has 32 heavy (non-hydrogen) atoms. The minimum Gasteiger partial charge on any atom is -0.396 e. The van der Waals surface area contributed by atoms with Gasteiger partial charge in [0.25, 0.3) is 0 Å². The number of allylic oxidation sites excluding steroid dienone is 2. The van der Waals surface area contributed by atoms with Crippen LogP contribution >= 0.6 is 0 Å². The molecule has 0 heterocycles. The van der Waals surface area contributed by atoms with Gasteiger partial charge in [-0.05, 0) is 109 Å². The topological polar surface area (TPSA) is 40.5 Å². The van der Waals surface area contributed by atoms with Crippen molar-refractivity contribution in [1.29, 1.82) is 0 Å². The predicted molar refractivity (Wildman–Crippen MR) is 132 cm³/mol. The van der Waals surface area contributed by atoms with Crippen molar-refractivity contribution in [2.75, 3.05) is 6.61 Å². The fourth-order valence-electron chi connectivity index (χ4n) is 10.9. The SMILES string of the molecule is C[C@H]1[C@H](C)CC[C@]2(CO)CC[C@]3(C)C(=CC[C@@H]4[C@@]5(C)CC[C@H](O)C(C)(C)[C@@H]5CC[C@@]43C)[C@@H]12. The Morgan fingerprint density at radius 2 is 1.59 bits per heavy atom. The Labute approximate surface area is 197 Å². The molecule has 2 heteroatoms. The lowest BCUT2D eigenvalue weighted by molar-refractivity contribution is -0.205. The number of rotatable bonds is 1. The molecule has 2 nitrogen and oxygen atoms in total. The van der Waals surface area contributed by atoms with Gasteiger partial charge in [0.2, 0.25) is 0 Å². The van der Waals surface area contributed by atoms with Gasteiger partial charge in [-0.25, -0.2) is 0 Å². The third-order valence-electron chi connectivity index (χ3n) is 13.5. The maximum absolute atomic E-state index is 10.9. The molecule has 0 aromatic heterocycles. The van der Waals surface area contributed by atoms with Crippen LogP contribution in [0.3, 0.4) is 0 Å². The third-order valence-corrected chi connectivity index (χ3v) is 13.5. The van der Waals surface area contributed by atoms with Crippen LogP contribution in [0.4, 0.5) is 0 Å². The quantitative estimate of drug-likeness (QED) is 0.429. The molecule has 0 saturated heterocycles. The number of aliphatic hydroxyl groups is 2. The van der Waals surface area contributed by atoms with Crippen LogP contribution in [0.2, 0.25) is 0 Å². The van der Waals surface area contributed by atoms with E-state index < -0.39 is 0 Å². The van der Waals surface area contributed by atoms with Crippen molar-refractivity contribution in [2.45, 2.75) is 112 Å². The number of fused-ring (bicyclic) bond motifs is 7. The molecule has 0 aromatic carbocycles. The first-order valence-electron chi connectivity index (χ1n) is 13.9. The van der Waals surface area contributed by atoms with Gasteiger partial charge in [-0.1, -0.05) is 60.1 Å². The van der Waals surface area contributed by atoms with Gasteiger partial charge in [-0.3, -0.25) is 0 Å². The minimum absolute atomic E-state index is 0.0190. The lowest BCUT2D eigenvalue weighted by Gasteiger charge is -2.71. The third kappa shape index (κ3) is 2.66. The van der Waals surface area contributed by atoms with Crippen LogP contribution in [-0.2, 0) is 0 Å². The summed E-state index contributed by atoms with van der Waals surface area (Å²) in [6.45, 7) is 17.9. The van der Waals surface area contributed by atoms with Crippen molar-refractivity contribution in [2.24, 2.45) is 56.7 Å². The highest BCUT2D eigenvalue weighted by atomic mass is 16.3. The summed E-state index contributed by atoms with van der Waals surface area (Å²) in [4.78, 5) is 0. The first-order chi connectivity index (χ1) is 14.9. The van der Waals surface area contributed by atoms with Gasteiger partial charge in [0, 0.05) is 12.0 Å². The zero-order valence-corrected chi connectivity index (χ0v) is 22.0. The van der Waals surface area contributed by atoms with Gasteiger partial charge in [-0.15, -0.1) is 0 Å². The zero-order valence-electron chi connectivity index (χ0n) is 22.0. The number of hydrogen-bond donors (Lipinski definition) is 2. The largest absolute Gasteiger partial charge is 0.396 e. The summed E-state index contributed by atoms with van der Waals surface area (Å²) in [6, 6.07) is 0. The van der Waals surface area contributed by atoms with Crippen LogP contribution in [0.5, 0.6) is 0 Å². The molecule has 182 valence electrons. The van der Waals surface area contributed by atoms with E-state index >= 15 is 0 Å². The molecule has 5 rings (SSSR count). The minimum atomic E-state index is -0.153. The zero-order chi connectivity index (χ0) is 23.3. The Kier molecular flexibility index (Phi) is 5.19. The summed E-state index contributed by atoms with van der Waals surface area (Å²) in [5.41, 5.74) is 2.77. The van der Waals surface area contributed by atoms with Gasteiger partial charge < -0.3 is 10.2 Å². The highest BCUT2D eigenvalue weighted by molar-refractivity contribution is 5.34. The molecule has 0 spiro atoms. The van der Waals surface area contributed by atoms with E-state index in [2.05, 4.69) is 54.5 Å². The Morgan fingerprint density at radius 3 is 2.28 bits per heavy atom. The molecule has 5 aliphatic carbocycles. The van der Waals surface area contributed by atoms with Crippen molar-refractivity contribution in [3.63, 3.8) is 0 Å². The second kappa shape index (κ2) is 7.09. The van der Waals surface area contributed by atoms with Crippen LogP contribution < -0.4 is 0 Å². The van der Waals surface area contributed by atoms with E-state index in [-0.39, 0.29) is 22.3 Å². The van der Waals surface area contributed by atoms with Crippen LogP contribution in [0.25, 0.3) is 0 Å². The van der Waals surface area contributed by atoms with Crippen LogP contribution in [-0.4, -0.2) is 22.9 Å². The molecule has 0 bridgehead atoms. The van der Waals surface area contributed by atoms with Crippen LogP contribution in [0, 0.1) is 56.7 Å². The molecular formula is C30H50O2. The Bertz CT molecular complexity index is 799. The molecule has 5 aliphatic rings. The van der Waals surface area contributed by atoms with Crippen molar-refractivity contribution in [3.05, 3.63) is 11.6 Å². The standard InChI is InChI=1S/C30H50O2/c1-19-10-15-30(18-31)17-16-28(6)21(25(30)20(19)2)8-9-23-27(5)13-12-24(32)26(3,4)22(27)11-14-29(23,28)7/h8,19-20,22-25,31-32H,9-18H2,1-7H3/t19-,20+,22+,23-,24+,25-,27+,28-,29+,30-/m1/s1. The molecule has 0 aromatic rings. The highest BCUT2D eigenvalue weighted by Gasteiger charge is 2.68. The summed E-state index contributed by atoms with van der Waals surface area (Å²) in [5.74, 6) is 3.29. The molecule has 4 saturated carbocycles. The molecule has 2 N–H and O–H groups in total. The molecule has 0 aliphatic heterocycles. The predicted octanol–water partition coefficient (Wildman–Crippen LogP) is 7.00. The Morgan fingerprint density at radius 1 is 0.875 bits per heavy atom. The monoisotopic (exact) mass is 442 g/mol. The van der Waals surface area contributed by atoms with Crippen molar-refractivity contribution in [1.82, 2.24) is 0 Å². The lowest BCUT2D eigenvalue weighted by Crippen LogP contribution is -2.65. The van der Waals surface area contributed by atoms with E-state index in [9.17, 15) is 10.2 Å². The average molecular weight is 443 g/mol. The lowest BCUT2D eigenvalue weighted by atomic mass is 9.33. The van der Waals surface area contributed by atoms with E-state index in [1.54, 1.807) is 5.57 Å². The summed E-state index contributed by atoms with van der Waals surface area (Å²) in [5, 5.41) is 21.6. The molecule has 0 amide bonds. The maximum atomic E-state index is 10.9. The second-order valence-electron chi connectivity index (χ2n) is 14.5. The number of hydrogen-bond acceptors (Lipinski definition) is 2. The smallest absolute Gasteiger partial charge is 0.0594 e. The summed E-state index contributed by atoms with van der Waals surface area (Å²) < 4.78 is 0. The summed E-state index contributed by atoms with van der Waals surface area (Å²) >= 11 is 0. The van der Waals surface area contributed by atoms with E-state index in [4.69, 9.17) is 0 Å². The average Bonchev–Trinajstić information content (AvgIpc) is 2.74. The molecular weight excluding hydrogens is 392 g/mol. The van der Waals surface area contributed by atoms with Gasteiger partial charge in [0.1, 0.15) is 0 Å². The first-order valence-corrected chi connectivity index (χ1v) is 13.9. The van der Waals surface area contributed by atoms with Crippen LogP contribution in [0.1, 0.15) is 106 Å². The normalized spacial score (nSPS) is 56.8. The van der Waals surface area contributed by atoms with Crippen molar-refractivity contribution >= 4 is 0 Å². The highest BCUT2D eigenvalue weighted by Crippen LogP contribution is 2.75.